The fourth-order valence-electron chi connectivity index (χ4n) is 12.5. The van der Waals surface area contributed by atoms with Crippen LogP contribution in [0, 0.1) is 50.7 Å². The summed E-state index contributed by atoms with van der Waals surface area (Å²) in [6.45, 7) is 16.6. The lowest BCUT2D eigenvalue weighted by atomic mass is 9.42. The van der Waals surface area contributed by atoms with E-state index in [-0.39, 0.29) is 23.2 Å². The van der Waals surface area contributed by atoms with Crippen molar-refractivity contribution in [3.05, 3.63) is 0 Å². The molecule has 196 valence electrons. The topological polar surface area (TPSA) is 48.1 Å². The van der Waals surface area contributed by atoms with Crippen LogP contribution in [0.3, 0.4) is 0 Å². The van der Waals surface area contributed by atoms with Gasteiger partial charge in [-0.15, -0.1) is 0 Å². The minimum Gasteiger partial charge on any atom is -0.361 e. The number of hydrogen-bond acceptors (Lipinski definition) is 4. The number of methoxy groups -OCH3 is 1. The van der Waals surface area contributed by atoms with Crippen LogP contribution < -0.4 is 0 Å². The van der Waals surface area contributed by atoms with E-state index in [1.54, 1.807) is 0 Å². The van der Waals surface area contributed by atoms with Crippen LogP contribution >= 0.6 is 0 Å². The minimum atomic E-state index is -0.603. The monoisotopic (exact) mass is 484 g/mol. The molecule has 4 nitrogen and oxygen atoms in total. The number of ketones is 1. The molecule has 0 bridgehead atoms. The van der Waals surface area contributed by atoms with Crippen LogP contribution in [0.5, 0.6) is 0 Å². The van der Waals surface area contributed by atoms with Crippen LogP contribution in [-0.2, 0) is 19.0 Å². The van der Waals surface area contributed by atoms with Crippen LogP contribution in [0.2, 0.25) is 0 Å². The molecular formula is C31H48O4. The van der Waals surface area contributed by atoms with Gasteiger partial charge in [0.05, 0.1) is 11.7 Å². The Balaban J connectivity index is 1.24. The average molecular weight is 485 g/mol. The van der Waals surface area contributed by atoms with Gasteiger partial charge in [-0.25, -0.2) is 0 Å². The van der Waals surface area contributed by atoms with E-state index < -0.39 is 5.79 Å². The van der Waals surface area contributed by atoms with Gasteiger partial charge in [0.2, 0.25) is 0 Å². The van der Waals surface area contributed by atoms with E-state index >= 15 is 0 Å². The predicted octanol–water partition coefficient (Wildman–Crippen LogP) is 6.55. The maximum absolute atomic E-state index is 12.9. The summed E-state index contributed by atoms with van der Waals surface area (Å²) in [5.41, 5.74) is 1.21. The number of Topliss-reactive ketones (excluding diaryl/α,β-unsaturated/α-hetero) is 1. The number of rotatable bonds is 2. The molecule has 2 aliphatic heterocycles. The van der Waals surface area contributed by atoms with Gasteiger partial charge in [0.1, 0.15) is 11.9 Å². The molecule has 5 aliphatic carbocycles. The van der Waals surface area contributed by atoms with Crippen molar-refractivity contribution in [3.63, 3.8) is 0 Å². The number of carbonyl (C=O) groups excluding carboxylic acids is 1. The molecule has 0 aromatic rings. The molecule has 7 rings (SSSR count). The first-order valence-corrected chi connectivity index (χ1v) is 14.7. The fraction of sp³-hybridized carbons (Fsp3) is 0.968. The van der Waals surface area contributed by atoms with Crippen LogP contribution in [0.25, 0.3) is 0 Å². The SMILES string of the molecule is CO[C@]1([C@@H]2OC2(C)C)C[C@@H](C)[C@@H]2[C@H](C[C@@]3(C)[C@@H]4CC[C@@H]5C(C)(C)C(=O)CC[C@]56C[C@]46CC[C@]23C)O1. The Kier molecular flexibility index (Phi) is 4.32. The smallest absolute Gasteiger partial charge is 0.197 e. The summed E-state index contributed by atoms with van der Waals surface area (Å²) in [6, 6.07) is 0. The minimum absolute atomic E-state index is 0.0297. The fourth-order valence-corrected chi connectivity index (χ4v) is 12.5. The Bertz CT molecular complexity index is 986. The molecule has 35 heavy (non-hydrogen) atoms. The van der Waals surface area contributed by atoms with Gasteiger partial charge in [0.25, 0.3) is 0 Å². The first-order chi connectivity index (χ1) is 16.2. The molecule has 2 heterocycles. The lowest BCUT2D eigenvalue weighted by Crippen LogP contribution is -2.58. The van der Waals surface area contributed by atoms with Gasteiger partial charge in [0, 0.05) is 25.4 Å². The number of carbonyl (C=O) groups is 1. The molecule has 0 N–H and O–H groups in total. The number of fused-ring (bicyclic) bond motifs is 4. The van der Waals surface area contributed by atoms with Crippen LogP contribution in [0.15, 0.2) is 0 Å². The molecule has 0 radical (unpaired) electrons. The second-order valence-corrected chi connectivity index (χ2v) is 15.8. The molecule has 0 unspecified atom stereocenters. The predicted molar refractivity (Wildman–Crippen MR) is 135 cm³/mol. The summed E-state index contributed by atoms with van der Waals surface area (Å²) in [6.07, 6.45) is 11.0. The summed E-state index contributed by atoms with van der Waals surface area (Å²) in [5.74, 6) is 2.43. The first-order valence-electron chi connectivity index (χ1n) is 14.7. The van der Waals surface area contributed by atoms with Crippen LogP contribution in [0.4, 0.5) is 0 Å². The Morgan fingerprint density at radius 3 is 2.17 bits per heavy atom. The second kappa shape index (κ2) is 6.40. The highest BCUT2D eigenvalue weighted by atomic mass is 16.7. The molecule has 0 aromatic heterocycles. The highest BCUT2D eigenvalue weighted by molar-refractivity contribution is 5.86. The third kappa shape index (κ3) is 2.46. The van der Waals surface area contributed by atoms with E-state index in [2.05, 4.69) is 48.5 Å². The number of ether oxygens (including phenoxy) is 3. The Morgan fingerprint density at radius 2 is 1.51 bits per heavy atom. The quantitative estimate of drug-likeness (QED) is 0.417. The van der Waals surface area contributed by atoms with E-state index in [1.165, 1.54) is 32.1 Å². The van der Waals surface area contributed by atoms with Crippen molar-refractivity contribution < 1.29 is 19.0 Å². The zero-order valence-electron chi connectivity index (χ0n) is 23.5. The third-order valence-electron chi connectivity index (χ3n) is 14.2. The maximum atomic E-state index is 12.9. The highest BCUT2D eigenvalue weighted by Crippen LogP contribution is 2.89. The first kappa shape index (κ1) is 23.7. The van der Waals surface area contributed by atoms with Crippen molar-refractivity contribution in [3.8, 4) is 0 Å². The summed E-state index contributed by atoms with van der Waals surface area (Å²) >= 11 is 0. The van der Waals surface area contributed by atoms with Crippen molar-refractivity contribution in [2.24, 2.45) is 50.7 Å². The van der Waals surface area contributed by atoms with Gasteiger partial charge in [-0.1, -0.05) is 34.6 Å². The summed E-state index contributed by atoms with van der Waals surface area (Å²) in [5, 5.41) is 0. The molecule has 0 aromatic carbocycles. The third-order valence-corrected chi connectivity index (χ3v) is 14.2. The highest BCUT2D eigenvalue weighted by Gasteiger charge is 2.83. The van der Waals surface area contributed by atoms with Gasteiger partial charge in [-0.3, -0.25) is 4.79 Å². The normalized spacial score (nSPS) is 61.1. The molecule has 2 spiro atoms. The van der Waals surface area contributed by atoms with E-state index in [0.717, 1.165) is 31.6 Å². The van der Waals surface area contributed by atoms with Crippen molar-refractivity contribution in [2.75, 3.05) is 7.11 Å². The zero-order valence-corrected chi connectivity index (χ0v) is 23.5. The summed E-state index contributed by atoms with van der Waals surface area (Å²) < 4.78 is 19.4. The van der Waals surface area contributed by atoms with Gasteiger partial charge in [-0.2, -0.15) is 0 Å². The lowest BCUT2D eigenvalue weighted by Gasteiger charge is -2.62. The van der Waals surface area contributed by atoms with Gasteiger partial charge < -0.3 is 14.2 Å². The molecule has 0 amide bonds. The van der Waals surface area contributed by atoms with Gasteiger partial charge >= 0.3 is 0 Å². The van der Waals surface area contributed by atoms with E-state index in [4.69, 9.17) is 14.2 Å². The van der Waals surface area contributed by atoms with Crippen molar-refractivity contribution in [1.29, 1.82) is 0 Å². The van der Waals surface area contributed by atoms with E-state index in [0.29, 0.717) is 45.2 Å². The second-order valence-electron chi connectivity index (χ2n) is 15.8. The maximum Gasteiger partial charge on any atom is 0.197 e. The number of epoxide rings is 1. The standard InChI is InChI=1S/C31H48O4/c1-18-15-31(33-8,24-26(4,5)35-24)34-19-16-28(7)21-10-9-20-25(2,3)22(32)11-12-29(20)17-30(21,29)14-13-27(28,6)23(18)19/h18-21,23-24H,9-17H2,1-8H3/t18-,19+,20-,21+,23-,24-,27-,28+,29+,30-,31-/m1/s1. The molecule has 11 atom stereocenters. The molecule has 5 saturated carbocycles. The van der Waals surface area contributed by atoms with Crippen molar-refractivity contribution in [2.45, 2.75) is 130 Å². The zero-order chi connectivity index (χ0) is 25.0. The summed E-state index contributed by atoms with van der Waals surface area (Å²) in [4.78, 5) is 12.9. The van der Waals surface area contributed by atoms with Gasteiger partial charge in [-0.05, 0) is 104 Å². The lowest BCUT2D eigenvalue weighted by molar-refractivity contribution is -0.301. The van der Waals surface area contributed by atoms with E-state index in [9.17, 15) is 4.79 Å². The van der Waals surface area contributed by atoms with Crippen LogP contribution in [0.1, 0.15) is 106 Å². The molecule has 7 aliphatic rings. The van der Waals surface area contributed by atoms with E-state index in [1.807, 2.05) is 7.11 Å². The molecule has 2 saturated heterocycles. The Labute approximate surface area is 212 Å². The van der Waals surface area contributed by atoms with Crippen molar-refractivity contribution >= 4 is 5.78 Å². The number of hydrogen-bond donors (Lipinski definition) is 0. The average Bonchev–Trinajstić information content (AvgIpc) is 3.62. The molecule has 7 fully saturated rings. The van der Waals surface area contributed by atoms with Gasteiger partial charge in [0.15, 0.2) is 5.79 Å². The largest absolute Gasteiger partial charge is 0.361 e. The molecular weight excluding hydrogens is 436 g/mol. The van der Waals surface area contributed by atoms with Crippen LogP contribution in [-0.4, -0.2) is 36.5 Å². The Hall–Kier alpha value is -0.450. The van der Waals surface area contributed by atoms with Crippen molar-refractivity contribution in [1.82, 2.24) is 0 Å². The molecule has 4 heteroatoms. The Morgan fingerprint density at radius 1 is 0.857 bits per heavy atom. The summed E-state index contributed by atoms with van der Waals surface area (Å²) in [7, 11) is 1.83.